The molecular formula is C11H16FNO2. The van der Waals surface area contributed by atoms with Crippen LogP contribution in [0.15, 0.2) is 18.2 Å². The lowest BCUT2D eigenvalue weighted by molar-refractivity contribution is 0.110. The molecule has 4 heteroatoms. The number of nitrogens with two attached hydrogens (primary N) is 1. The summed E-state index contributed by atoms with van der Waals surface area (Å²) in [6, 6.07) is 4.47. The topological polar surface area (TPSA) is 44.5 Å². The fourth-order valence-corrected chi connectivity index (χ4v) is 1.18. The summed E-state index contributed by atoms with van der Waals surface area (Å²) < 4.78 is 23.4. The average molecular weight is 213 g/mol. The summed E-state index contributed by atoms with van der Waals surface area (Å²) >= 11 is 0. The van der Waals surface area contributed by atoms with Crippen molar-refractivity contribution < 1.29 is 13.9 Å². The van der Waals surface area contributed by atoms with Crippen molar-refractivity contribution in [2.24, 2.45) is 5.73 Å². The van der Waals surface area contributed by atoms with Gasteiger partial charge in [-0.15, -0.1) is 0 Å². The minimum Gasteiger partial charge on any atom is -0.491 e. The smallest absolute Gasteiger partial charge is 0.127 e. The molecule has 1 aromatic rings. The Morgan fingerprint density at radius 3 is 2.73 bits per heavy atom. The molecule has 0 aliphatic heterocycles. The summed E-state index contributed by atoms with van der Waals surface area (Å²) in [6.45, 7) is 3.79. The highest BCUT2D eigenvalue weighted by Crippen LogP contribution is 2.15. The number of halogens is 1. The Labute approximate surface area is 89.0 Å². The Morgan fingerprint density at radius 1 is 1.27 bits per heavy atom. The number of benzene rings is 1. The van der Waals surface area contributed by atoms with E-state index in [1.54, 1.807) is 6.07 Å². The minimum atomic E-state index is -0.329. The Hall–Kier alpha value is -1.13. The maximum Gasteiger partial charge on any atom is 0.127 e. The van der Waals surface area contributed by atoms with Crippen molar-refractivity contribution in [3.8, 4) is 5.75 Å². The third kappa shape index (κ3) is 4.27. The first kappa shape index (κ1) is 11.9. The second-order valence-corrected chi connectivity index (χ2v) is 3.04. The molecule has 0 aliphatic carbocycles. The van der Waals surface area contributed by atoms with Crippen molar-refractivity contribution in [3.63, 3.8) is 0 Å². The van der Waals surface area contributed by atoms with Crippen molar-refractivity contribution in [1.29, 1.82) is 0 Å². The summed E-state index contributed by atoms with van der Waals surface area (Å²) in [5, 5.41) is 0. The van der Waals surface area contributed by atoms with Gasteiger partial charge in [-0.3, -0.25) is 0 Å². The van der Waals surface area contributed by atoms with Gasteiger partial charge in [0.2, 0.25) is 0 Å². The Bertz CT molecular complexity index is 305. The van der Waals surface area contributed by atoms with E-state index >= 15 is 0 Å². The molecular weight excluding hydrogens is 197 g/mol. The molecule has 0 aliphatic rings. The van der Waals surface area contributed by atoms with E-state index in [2.05, 4.69) is 0 Å². The lowest BCUT2D eigenvalue weighted by Crippen LogP contribution is -2.07. The van der Waals surface area contributed by atoms with E-state index in [1.807, 2.05) is 6.92 Å². The van der Waals surface area contributed by atoms with Crippen LogP contribution in [0.3, 0.4) is 0 Å². The molecule has 0 radical (unpaired) electrons. The molecule has 0 unspecified atom stereocenters. The van der Waals surface area contributed by atoms with Gasteiger partial charge in [-0.25, -0.2) is 4.39 Å². The summed E-state index contributed by atoms with van der Waals surface area (Å²) in [7, 11) is 0. The second kappa shape index (κ2) is 6.37. The standard InChI is InChI=1S/C11H16FNO2/c1-2-14-3-4-15-11-6-9(8-13)5-10(12)7-11/h5-7H,2-4,8,13H2,1H3. The summed E-state index contributed by atoms with van der Waals surface area (Å²) in [4.78, 5) is 0. The van der Waals surface area contributed by atoms with Gasteiger partial charge in [0.1, 0.15) is 18.2 Å². The van der Waals surface area contributed by atoms with E-state index in [4.69, 9.17) is 15.2 Å². The highest BCUT2D eigenvalue weighted by molar-refractivity contribution is 5.29. The van der Waals surface area contributed by atoms with E-state index in [1.165, 1.54) is 12.1 Å². The Kier molecular flexibility index (Phi) is 5.07. The van der Waals surface area contributed by atoms with Gasteiger partial charge in [-0.05, 0) is 24.6 Å². The van der Waals surface area contributed by atoms with Crippen LogP contribution in [0.2, 0.25) is 0 Å². The lowest BCUT2D eigenvalue weighted by Gasteiger charge is -2.07. The predicted octanol–water partition coefficient (Wildman–Crippen LogP) is 1.70. The molecule has 0 heterocycles. The van der Waals surface area contributed by atoms with Gasteiger partial charge < -0.3 is 15.2 Å². The van der Waals surface area contributed by atoms with E-state index in [0.29, 0.717) is 32.1 Å². The maximum atomic E-state index is 13.0. The van der Waals surface area contributed by atoms with Gasteiger partial charge in [0.15, 0.2) is 0 Å². The molecule has 84 valence electrons. The van der Waals surface area contributed by atoms with Crippen LogP contribution in [-0.2, 0) is 11.3 Å². The predicted molar refractivity (Wildman–Crippen MR) is 56.3 cm³/mol. The molecule has 0 saturated heterocycles. The number of hydrogen-bond donors (Lipinski definition) is 1. The zero-order chi connectivity index (χ0) is 11.1. The molecule has 3 nitrogen and oxygen atoms in total. The molecule has 1 aromatic carbocycles. The zero-order valence-electron chi connectivity index (χ0n) is 8.83. The Morgan fingerprint density at radius 2 is 2.07 bits per heavy atom. The molecule has 0 fully saturated rings. The van der Waals surface area contributed by atoms with Crippen molar-refractivity contribution in [2.45, 2.75) is 13.5 Å². The Balaban J connectivity index is 2.49. The molecule has 0 saturated carbocycles. The van der Waals surface area contributed by atoms with Crippen LogP contribution >= 0.6 is 0 Å². The van der Waals surface area contributed by atoms with Gasteiger partial charge >= 0.3 is 0 Å². The maximum absolute atomic E-state index is 13.0. The molecule has 0 amide bonds. The van der Waals surface area contributed by atoms with Crippen LogP contribution in [0.4, 0.5) is 4.39 Å². The van der Waals surface area contributed by atoms with Gasteiger partial charge in [0, 0.05) is 19.2 Å². The lowest BCUT2D eigenvalue weighted by atomic mass is 10.2. The first-order chi connectivity index (χ1) is 7.26. The van der Waals surface area contributed by atoms with Crippen molar-refractivity contribution in [2.75, 3.05) is 19.8 Å². The van der Waals surface area contributed by atoms with Crippen molar-refractivity contribution in [1.82, 2.24) is 0 Å². The van der Waals surface area contributed by atoms with Gasteiger partial charge in [0.05, 0.1) is 6.61 Å². The van der Waals surface area contributed by atoms with Gasteiger partial charge in [-0.1, -0.05) is 0 Å². The van der Waals surface area contributed by atoms with Crippen molar-refractivity contribution >= 4 is 0 Å². The normalized spacial score (nSPS) is 10.3. The third-order valence-electron chi connectivity index (χ3n) is 1.87. The van der Waals surface area contributed by atoms with Crippen LogP contribution in [0, 0.1) is 5.82 Å². The quantitative estimate of drug-likeness (QED) is 0.731. The molecule has 0 spiro atoms. The molecule has 15 heavy (non-hydrogen) atoms. The van der Waals surface area contributed by atoms with Crippen LogP contribution in [0.25, 0.3) is 0 Å². The summed E-state index contributed by atoms with van der Waals surface area (Å²) in [5.41, 5.74) is 6.14. The first-order valence-electron chi connectivity index (χ1n) is 4.96. The fraction of sp³-hybridized carbons (Fsp3) is 0.455. The van der Waals surface area contributed by atoms with Crippen LogP contribution in [0.5, 0.6) is 5.75 Å². The average Bonchev–Trinajstić information content (AvgIpc) is 2.23. The number of rotatable bonds is 6. The number of hydrogen-bond acceptors (Lipinski definition) is 3. The molecule has 1 rings (SSSR count). The third-order valence-corrected chi connectivity index (χ3v) is 1.87. The van der Waals surface area contributed by atoms with E-state index in [9.17, 15) is 4.39 Å². The van der Waals surface area contributed by atoms with Crippen molar-refractivity contribution in [3.05, 3.63) is 29.6 Å². The minimum absolute atomic E-state index is 0.305. The van der Waals surface area contributed by atoms with E-state index in [0.717, 1.165) is 5.56 Å². The highest BCUT2D eigenvalue weighted by Gasteiger charge is 2.00. The fourth-order valence-electron chi connectivity index (χ4n) is 1.18. The van der Waals surface area contributed by atoms with Crippen LogP contribution in [-0.4, -0.2) is 19.8 Å². The van der Waals surface area contributed by atoms with Gasteiger partial charge in [0.25, 0.3) is 0 Å². The molecule has 0 bridgehead atoms. The zero-order valence-corrected chi connectivity index (χ0v) is 8.83. The molecule has 0 aromatic heterocycles. The summed E-state index contributed by atoms with van der Waals surface area (Å²) in [5.74, 6) is 0.166. The first-order valence-corrected chi connectivity index (χ1v) is 4.96. The van der Waals surface area contributed by atoms with E-state index in [-0.39, 0.29) is 5.82 Å². The van der Waals surface area contributed by atoms with Crippen LogP contribution in [0.1, 0.15) is 12.5 Å². The van der Waals surface area contributed by atoms with E-state index < -0.39 is 0 Å². The number of ether oxygens (including phenoxy) is 2. The molecule has 0 atom stereocenters. The highest BCUT2D eigenvalue weighted by atomic mass is 19.1. The summed E-state index contributed by atoms with van der Waals surface area (Å²) in [6.07, 6.45) is 0. The molecule has 2 N–H and O–H groups in total. The monoisotopic (exact) mass is 213 g/mol. The second-order valence-electron chi connectivity index (χ2n) is 3.04. The SMILES string of the molecule is CCOCCOc1cc(F)cc(CN)c1. The van der Waals surface area contributed by atoms with Gasteiger partial charge in [-0.2, -0.15) is 0 Å². The largest absolute Gasteiger partial charge is 0.491 e. The van der Waals surface area contributed by atoms with Crippen LogP contribution < -0.4 is 10.5 Å².